The number of rotatable bonds is 5. The summed E-state index contributed by atoms with van der Waals surface area (Å²) in [5.74, 6) is 0.910. The molecule has 21 heavy (non-hydrogen) atoms. The molecule has 2 aliphatic carbocycles. The molecule has 1 amide bonds. The van der Waals surface area contributed by atoms with E-state index in [0.29, 0.717) is 11.6 Å². The number of nitrogens with one attached hydrogen (secondary N) is 1. The van der Waals surface area contributed by atoms with Gasteiger partial charge in [0, 0.05) is 12.2 Å². The lowest BCUT2D eigenvalue weighted by Gasteiger charge is -2.28. The van der Waals surface area contributed by atoms with Crippen molar-refractivity contribution in [2.24, 2.45) is 17.8 Å². The van der Waals surface area contributed by atoms with Crippen molar-refractivity contribution < 1.29 is 14.7 Å². The third kappa shape index (κ3) is 2.80. The molecule has 1 heterocycles. The smallest absolute Gasteiger partial charge is 0.325 e. The van der Waals surface area contributed by atoms with E-state index >= 15 is 0 Å². The molecule has 0 aromatic carbocycles. The van der Waals surface area contributed by atoms with Crippen LogP contribution in [0.5, 0.6) is 0 Å². The largest absolute Gasteiger partial charge is 0.480 e. The molecule has 2 aliphatic rings. The second kappa shape index (κ2) is 5.50. The van der Waals surface area contributed by atoms with Crippen molar-refractivity contribution in [2.75, 3.05) is 0 Å². The molecular weight excluding hydrogens is 270 g/mol. The molecule has 4 unspecified atom stereocenters. The Bertz CT molecular complexity index is 554. The van der Waals surface area contributed by atoms with Gasteiger partial charge in [-0.25, -0.2) is 4.68 Å². The van der Waals surface area contributed by atoms with Crippen molar-refractivity contribution in [3.8, 4) is 0 Å². The number of aromatic nitrogens is 2. The van der Waals surface area contributed by atoms with Crippen LogP contribution >= 0.6 is 0 Å². The van der Waals surface area contributed by atoms with Gasteiger partial charge in [-0.2, -0.15) is 5.10 Å². The summed E-state index contributed by atoms with van der Waals surface area (Å²) in [4.78, 5) is 23.1. The van der Waals surface area contributed by atoms with Crippen LogP contribution in [0.15, 0.2) is 12.3 Å². The van der Waals surface area contributed by atoms with Gasteiger partial charge in [0.15, 0.2) is 0 Å². The van der Waals surface area contributed by atoms with E-state index in [2.05, 4.69) is 17.3 Å². The highest BCUT2D eigenvalue weighted by Gasteiger charge is 2.42. The van der Waals surface area contributed by atoms with E-state index in [4.69, 9.17) is 5.11 Å². The Morgan fingerprint density at radius 2 is 2.29 bits per heavy atom. The number of fused-ring (bicyclic) bond motifs is 2. The fourth-order valence-electron chi connectivity index (χ4n) is 4.07. The third-order valence-corrected chi connectivity index (χ3v) is 5.03. The first-order valence-corrected chi connectivity index (χ1v) is 7.59. The average molecular weight is 291 g/mol. The molecule has 4 atom stereocenters. The summed E-state index contributed by atoms with van der Waals surface area (Å²) in [5.41, 5.74) is 0.312. The van der Waals surface area contributed by atoms with Crippen LogP contribution in [0.3, 0.4) is 0 Å². The van der Waals surface area contributed by atoms with Gasteiger partial charge in [0.05, 0.1) is 0 Å². The molecule has 2 bridgehead atoms. The minimum absolute atomic E-state index is 0.126. The number of hydrogen-bond donors (Lipinski definition) is 2. The first-order valence-electron chi connectivity index (χ1n) is 7.59. The summed E-state index contributed by atoms with van der Waals surface area (Å²) in [6, 6.07) is 1.69. The van der Waals surface area contributed by atoms with Crippen molar-refractivity contribution in [1.29, 1.82) is 0 Å². The Hall–Kier alpha value is -1.85. The molecule has 3 rings (SSSR count). The Balaban J connectivity index is 1.63. The lowest BCUT2D eigenvalue weighted by atomic mass is 9.84. The van der Waals surface area contributed by atoms with Crippen molar-refractivity contribution >= 4 is 11.9 Å². The summed E-state index contributed by atoms with van der Waals surface area (Å²) >= 11 is 0. The first-order chi connectivity index (χ1) is 10.0. The lowest BCUT2D eigenvalue weighted by Crippen LogP contribution is -2.41. The molecule has 2 fully saturated rings. The minimum Gasteiger partial charge on any atom is -0.480 e. The van der Waals surface area contributed by atoms with Gasteiger partial charge in [0.25, 0.3) is 5.91 Å². The first kappa shape index (κ1) is 14.1. The van der Waals surface area contributed by atoms with E-state index in [-0.39, 0.29) is 18.5 Å². The summed E-state index contributed by atoms with van der Waals surface area (Å²) < 4.78 is 1.23. The predicted octanol–water partition coefficient (Wildman–Crippen LogP) is 1.52. The second-order valence-electron chi connectivity index (χ2n) is 6.37. The number of nitrogens with zero attached hydrogens (tertiary/aromatic N) is 2. The van der Waals surface area contributed by atoms with Gasteiger partial charge >= 0.3 is 5.97 Å². The number of aliphatic carboxylic acids is 1. The van der Waals surface area contributed by atoms with Crippen molar-refractivity contribution in [3.05, 3.63) is 18.0 Å². The molecule has 0 aliphatic heterocycles. The van der Waals surface area contributed by atoms with E-state index in [0.717, 1.165) is 11.8 Å². The van der Waals surface area contributed by atoms with Crippen LogP contribution in [0.1, 0.15) is 43.1 Å². The van der Waals surface area contributed by atoms with E-state index in [9.17, 15) is 9.59 Å². The number of amides is 1. The van der Waals surface area contributed by atoms with Crippen molar-refractivity contribution in [3.63, 3.8) is 0 Å². The van der Waals surface area contributed by atoms with Crippen LogP contribution in [-0.2, 0) is 11.3 Å². The van der Waals surface area contributed by atoms with E-state index < -0.39 is 5.97 Å². The van der Waals surface area contributed by atoms with Gasteiger partial charge < -0.3 is 10.4 Å². The molecule has 1 aromatic heterocycles. The Morgan fingerprint density at radius 1 is 1.48 bits per heavy atom. The number of carboxylic acid groups (broad SMARTS) is 1. The average Bonchev–Trinajstić information content (AvgIpc) is 3.12. The third-order valence-electron chi connectivity index (χ3n) is 5.03. The van der Waals surface area contributed by atoms with Gasteiger partial charge in [-0.05, 0) is 50.0 Å². The summed E-state index contributed by atoms with van der Waals surface area (Å²) in [6.45, 7) is 1.76. The zero-order valence-corrected chi connectivity index (χ0v) is 12.2. The SMILES string of the molecule is CC(NC(=O)c1ccnn1CC(=O)O)C1CC2CCC1C2. The molecule has 0 saturated heterocycles. The molecule has 2 saturated carbocycles. The maximum absolute atomic E-state index is 12.3. The van der Waals surface area contributed by atoms with Crippen LogP contribution < -0.4 is 5.32 Å². The van der Waals surface area contributed by atoms with E-state index in [1.807, 2.05) is 0 Å². The summed E-state index contributed by atoms with van der Waals surface area (Å²) in [5, 5.41) is 15.8. The van der Waals surface area contributed by atoms with Crippen molar-refractivity contribution in [1.82, 2.24) is 15.1 Å². The van der Waals surface area contributed by atoms with Gasteiger partial charge in [-0.1, -0.05) is 6.42 Å². The Kier molecular flexibility index (Phi) is 3.69. The normalized spacial score (nSPS) is 28.5. The number of hydrogen-bond acceptors (Lipinski definition) is 3. The highest BCUT2D eigenvalue weighted by atomic mass is 16.4. The molecule has 6 nitrogen and oxygen atoms in total. The molecule has 2 N–H and O–H groups in total. The van der Waals surface area contributed by atoms with Crippen LogP contribution in [0.25, 0.3) is 0 Å². The van der Waals surface area contributed by atoms with Gasteiger partial charge in [-0.3, -0.25) is 9.59 Å². The molecule has 6 heteroatoms. The molecular formula is C15H21N3O3. The Morgan fingerprint density at radius 3 is 2.90 bits per heavy atom. The van der Waals surface area contributed by atoms with Crippen LogP contribution in [-0.4, -0.2) is 32.8 Å². The number of carboxylic acids is 1. The summed E-state index contributed by atoms with van der Waals surface area (Å²) in [7, 11) is 0. The van der Waals surface area contributed by atoms with E-state index in [1.165, 1.54) is 36.6 Å². The molecule has 114 valence electrons. The zero-order chi connectivity index (χ0) is 15.0. The van der Waals surface area contributed by atoms with E-state index in [1.54, 1.807) is 6.07 Å². The lowest BCUT2D eigenvalue weighted by molar-refractivity contribution is -0.137. The summed E-state index contributed by atoms with van der Waals surface area (Å²) in [6.07, 6.45) is 6.60. The van der Waals surface area contributed by atoms with Gasteiger partial charge in [0.1, 0.15) is 12.2 Å². The highest BCUT2D eigenvalue weighted by Crippen LogP contribution is 2.49. The maximum atomic E-state index is 12.3. The predicted molar refractivity (Wildman–Crippen MR) is 75.7 cm³/mol. The standard InChI is InChI=1S/C15H21N3O3/c1-9(12-7-10-2-3-11(12)6-10)17-15(21)13-4-5-16-18(13)8-14(19)20/h4-5,9-12H,2-3,6-8H2,1H3,(H,17,21)(H,19,20). The van der Waals surface area contributed by atoms with Crippen LogP contribution in [0.2, 0.25) is 0 Å². The number of carbonyl (C=O) groups is 2. The Labute approximate surface area is 123 Å². The monoisotopic (exact) mass is 291 g/mol. The molecule has 1 aromatic rings. The quantitative estimate of drug-likeness (QED) is 0.861. The topological polar surface area (TPSA) is 84.2 Å². The number of carbonyl (C=O) groups excluding carboxylic acids is 1. The second-order valence-corrected chi connectivity index (χ2v) is 6.37. The highest BCUT2D eigenvalue weighted by molar-refractivity contribution is 5.93. The van der Waals surface area contributed by atoms with Gasteiger partial charge in [-0.15, -0.1) is 0 Å². The van der Waals surface area contributed by atoms with Crippen LogP contribution in [0, 0.1) is 17.8 Å². The molecule has 0 spiro atoms. The minimum atomic E-state index is -1.01. The zero-order valence-electron chi connectivity index (χ0n) is 12.2. The van der Waals surface area contributed by atoms with Crippen molar-refractivity contribution in [2.45, 2.75) is 45.2 Å². The maximum Gasteiger partial charge on any atom is 0.325 e. The van der Waals surface area contributed by atoms with Crippen LogP contribution in [0.4, 0.5) is 0 Å². The fraction of sp³-hybridized carbons (Fsp3) is 0.667. The van der Waals surface area contributed by atoms with Gasteiger partial charge in [0.2, 0.25) is 0 Å². The fourth-order valence-corrected chi connectivity index (χ4v) is 4.07. The molecule has 0 radical (unpaired) electrons.